The standard InChI is InChI=1S/C24H20Cl2N2O6/c1-31-19-5-3-4-6-20(19)33-14-23(29)28-27-13-15-7-10-21(22(11-15)32-2)34-24(30)16-8-9-17(25)18(26)12-16/h3-13H,14H2,1-2H3,(H,28,29)/b27-13-. The van der Waals surface area contributed by atoms with Gasteiger partial charge in [-0.3, -0.25) is 4.79 Å². The van der Waals surface area contributed by atoms with Gasteiger partial charge in [0.2, 0.25) is 0 Å². The number of esters is 1. The number of nitrogens with one attached hydrogen (secondary N) is 1. The number of amides is 1. The number of rotatable bonds is 9. The highest BCUT2D eigenvalue weighted by Gasteiger charge is 2.14. The fourth-order valence-corrected chi connectivity index (χ4v) is 3.02. The van der Waals surface area contributed by atoms with Gasteiger partial charge in [0.25, 0.3) is 5.91 Å². The normalized spacial score (nSPS) is 10.6. The molecule has 0 saturated heterocycles. The number of benzene rings is 3. The molecule has 0 aromatic heterocycles. The molecule has 1 N–H and O–H groups in total. The van der Waals surface area contributed by atoms with Crippen molar-refractivity contribution < 1.29 is 28.5 Å². The predicted octanol–water partition coefficient (Wildman–Crippen LogP) is 4.76. The van der Waals surface area contributed by atoms with E-state index in [1.807, 2.05) is 0 Å². The van der Waals surface area contributed by atoms with Crippen LogP contribution in [0.5, 0.6) is 23.0 Å². The second-order valence-corrected chi connectivity index (χ2v) is 7.48. The van der Waals surface area contributed by atoms with Crippen molar-refractivity contribution in [1.29, 1.82) is 0 Å². The van der Waals surface area contributed by atoms with E-state index in [-0.39, 0.29) is 22.9 Å². The number of hydrogen-bond donors (Lipinski definition) is 1. The number of nitrogens with zero attached hydrogens (tertiary/aromatic N) is 1. The average molecular weight is 503 g/mol. The molecule has 10 heteroatoms. The van der Waals surface area contributed by atoms with Gasteiger partial charge in [-0.2, -0.15) is 5.10 Å². The second-order valence-electron chi connectivity index (χ2n) is 6.66. The van der Waals surface area contributed by atoms with Crippen molar-refractivity contribution in [2.24, 2.45) is 5.10 Å². The summed E-state index contributed by atoms with van der Waals surface area (Å²) in [5, 5.41) is 4.47. The Morgan fingerprint density at radius 1 is 0.882 bits per heavy atom. The molecule has 0 unspecified atom stereocenters. The lowest BCUT2D eigenvalue weighted by Crippen LogP contribution is -2.24. The van der Waals surface area contributed by atoms with Gasteiger partial charge in [0, 0.05) is 0 Å². The van der Waals surface area contributed by atoms with Crippen LogP contribution >= 0.6 is 23.2 Å². The maximum absolute atomic E-state index is 12.4. The molecule has 0 heterocycles. The fraction of sp³-hybridized carbons (Fsp3) is 0.125. The first-order valence-corrected chi connectivity index (χ1v) is 10.6. The molecule has 0 aliphatic rings. The Labute approximate surface area is 206 Å². The summed E-state index contributed by atoms with van der Waals surface area (Å²) in [4.78, 5) is 24.4. The highest BCUT2D eigenvalue weighted by molar-refractivity contribution is 6.42. The summed E-state index contributed by atoms with van der Waals surface area (Å²) in [6.45, 7) is -0.245. The third kappa shape index (κ3) is 6.63. The van der Waals surface area contributed by atoms with E-state index in [1.54, 1.807) is 42.5 Å². The van der Waals surface area contributed by atoms with E-state index < -0.39 is 11.9 Å². The maximum Gasteiger partial charge on any atom is 0.343 e. The summed E-state index contributed by atoms with van der Waals surface area (Å²) in [5.41, 5.74) is 3.20. The number of hydrazone groups is 1. The SMILES string of the molecule is COc1ccccc1OCC(=O)N/N=C\c1ccc(OC(=O)c2ccc(Cl)c(Cl)c2)c(OC)c1. The smallest absolute Gasteiger partial charge is 0.343 e. The largest absolute Gasteiger partial charge is 0.493 e. The second kappa shape index (κ2) is 11.9. The molecular formula is C24H20Cl2N2O6. The number of para-hydroxylation sites is 2. The zero-order valence-electron chi connectivity index (χ0n) is 18.2. The van der Waals surface area contributed by atoms with Crippen LogP contribution in [0.1, 0.15) is 15.9 Å². The van der Waals surface area contributed by atoms with Crippen molar-refractivity contribution in [3.8, 4) is 23.0 Å². The average Bonchev–Trinajstić information content (AvgIpc) is 2.85. The fourth-order valence-electron chi connectivity index (χ4n) is 2.72. The molecule has 0 fully saturated rings. The Morgan fingerprint density at radius 3 is 2.32 bits per heavy atom. The number of carbonyl (C=O) groups excluding carboxylic acids is 2. The molecule has 0 aliphatic heterocycles. The van der Waals surface area contributed by atoms with Crippen LogP contribution in [0, 0.1) is 0 Å². The van der Waals surface area contributed by atoms with E-state index in [9.17, 15) is 9.59 Å². The lowest BCUT2D eigenvalue weighted by molar-refractivity contribution is -0.123. The quantitative estimate of drug-likeness (QED) is 0.196. The summed E-state index contributed by atoms with van der Waals surface area (Å²) in [5.74, 6) is 0.376. The lowest BCUT2D eigenvalue weighted by Gasteiger charge is -2.10. The summed E-state index contributed by atoms with van der Waals surface area (Å²) < 4.78 is 21.3. The van der Waals surface area contributed by atoms with Gasteiger partial charge in [0.1, 0.15) is 0 Å². The molecule has 176 valence electrons. The maximum atomic E-state index is 12.4. The summed E-state index contributed by atoms with van der Waals surface area (Å²) in [7, 11) is 2.95. The number of hydrogen-bond acceptors (Lipinski definition) is 7. The van der Waals surface area contributed by atoms with E-state index in [2.05, 4.69) is 10.5 Å². The minimum absolute atomic E-state index is 0.199. The van der Waals surface area contributed by atoms with Crippen molar-refractivity contribution in [2.45, 2.75) is 0 Å². The number of carbonyl (C=O) groups is 2. The zero-order valence-corrected chi connectivity index (χ0v) is 19.7. The molecule has 0 bridgehead atoms. The Hall–Kier alpha value is -3.75. The van der Waals surface area contributed by atoms with E-state index in [0.29, 0.717) is 27.8 Å². The van der Waals surface area contributed by atoms with E-state index >= 15 is 0 Å². The minimum Gasteiger partial charge on any atom is -0.493 e. The van der Waals surface area contributed by atoms with Crippen LogP contribution < -0.4 is 24.4 Å². The van der Waals surface area contributed by atoms with Gasteiger partial charge in [-0.25, -0.2) is 10.2 Å². The molecular weight excluding hydrogens is 483 g/mol. The molecule has 3 aromatic carbocycles. The van der Waals surface area contributed by atoms with Crippen molar-refractivity contribution >= 4 is 41.3 Å². The monoisotopic (exact) mass is 502 g/mol. The zero-order chi connectivity index (χ0) is 24.5. The van der Waals surface area contributed by atoms with E-state index in [1.165, 1.54) is 38.6 Å². The Balaban J connectivity index is 1.58. The van der Waals surface area contributed by atoms with Crippen LogP contribution in [0.15, 0.2) is 65.8 Å². The molecule has 34 heavy (non-hydrogen) atoms. The van der Waals surface area contributed by atoms with Gasteiger partial charge < -0.3 is 18.9 Å². The van der Waals surface area contributed by atoms with Crippen molar-refractivity contribution in [3.05, 3.63) is 81.8 Å². The molecule has 0 radical (unpaired) electrons. The molecule has 0 aliphatic carbocycles. The van der Waals surface area contributed by atoms with Gasteiger partial charge in [-0.1, -0.05) is 35.3 Å². The highest BCUT2D eigenvalue weighted by atomic mass is 35.5. The van der Waals surface area contributed by atoms with Crippen molar-refractivity contribution in [2.75, 3.05) is 20.8 Å². The first kappa shape index (κ1) is 24.9. The molecule has 3 aromatic rings. The van der Waals surface area contributed by atoms with Crippen molar-refractivity contribution in [1.82, 2.24) is 5.43 Å². The summed E-state index contributed by atoms with van der Waals surface area (Å²) in [6, 6.07) is 16.2. The molecule has 0 spiro atoms. The Kier molecular flexibility index (Phi) is 8.73. The minimum atomic E-state index is -0.624. The lowest BCUT2D eigenvalue weighted by atomic mass is 10.2. The Morgan fingerprint density at radius 2 is 1.62 bits per heavy atom. The number of halogens is 2. The van der Waals surface area contributed by atoms with Gasteiger partial charge in [0.05, 0.1) is 36.0 Å². The van der Waals surface area contributed by atoms with E-state index in [0.717, 1.165) is 0 Å². The van der Waals surface area contributed by atoms with Crippen LogP contribution in [0.4, 0.5) is 0 Å². The summed E-state index contributed by atoms with van der Waals surface area (Å²) >= 11 is 11.8. The third-order valence-electron chi connectivity index (χ3n) is 4.38. The first-order valence-electron chi connectivity index (χ1n) is 9.84. The van der Waals surface area contributed by atoms with Gasteiger partial charge in [-0.15, -0.1) is 0 Å². The highest BCUT2D eigenvalue weighted by Crippen LogP contribution is 2.29. The van der Waals surface area contributed by atoms with Gasteiger partial charge in [-0.05, 0) is 54.1 Å². The van der Waals surface area contributed by atoms with Crippen LogP contribution in [-0.4, -0.2) is 38.9 Å². The molecule has 8 nitrogen and oxygen atoms in total. The van der Waals surface area contributed by atoms with Crippen LogP contribution in [0.3, 0.4) is 0 Å². The number of ether oxygens (including phenoxy) is 4. The molecule has 0 atom stereocenters. The Bertz CT molecular complexity index is 1220. The topological polar surface area (TPSA) is 95.5 Å². The predicted molar refractivity (Wildman–Crippen MR) is 129 cm³/mol. The first-order chi connectivity index (χ1) is 16.4. The van der Waals surface area contributed by atoms with Crippen LogP contribution in [-0.2, 0) is 4.79 Å². The van der Waals surface area contributed by atoms with Gasteiger partial charge in [0.15, 0.2) is 29.6 Å². The van der Waals surface area contributed by atoms with Crippen molar-refractivity contribution in [3.63, 3.8) is 0 Å². The summed E-state index contributed by atoms with van der Waals surface area (Å²) in [6.07, 6.45) is 1.41. The molecule has 1 amide bonds. The third-order valence-corrected chi connectivity index (χ3v) is 5.12. The number of methoxy groups -OCH3 is 2. The van der Waals surface area contributed by atoms with Crippen LogP contribution in [0.2, 0.25) is 10.0 Å². The van der Waals surface area contributed by atoms with Crippen LogP contribution in [0.25, 0.3) is 0 Å². The molecule has 3 rings (SSSR count). The molecule has 0 saturated carbocycles. The van der Waals surface area contributed by atoms with E-state index in [4.69, 9.17) is 42.1 Å². The van der Waals surface area contributed by atoms with Gasteiger partial charge >= 0.3 is 5.97 Å².